The van der Waals surface area contributed by atoms with Crippen molar-refractivity contribution in [2.24, 2.45) is 0 Å². The maximum absolute atomic E-state index is 10.8. The van der Waals surface area contributed by atoms with Crippen molar-refractivity contribution in [3.8, 4) is 0 Å². The van der Waals surface area contributed by atoms with Crippen molar-refractivity contribution >= 4 is 11.6 Å². The third-order valence-electron chi connectivity index (χ3n) is 3.01. The van der Waals surface area contributed by atoms with Crippen LogP contribution in [0.25, 0.3) is 0 Å². The van der Waals surface area contributed by atoms with Gasteiger partial charge in [-0.1, -0.05) is 36.7 Å². The molecule has 1 atom stereocenters. The van der Waals surface area contributed by atoms with Crippen LogP contribution >= 0.6 is 11.6 Å². The molecule has 0 aliphatic carbocycles. The van der Waals surface area contributed by atoms with Crippen LogP contribution in [0.2, 0.25) is 5.02 Å². The number of rotatable bonds is 4. The van der Waals surface area contributed by atoms with E-state index in [4.69, 9.17) is 11.6 Å². The fourth-order valence-corrected chi connectivity index (χ4v) is 2.45. The van der Waals surface area contributed by atoms with Crippen molar-refractivity contribution in [1.29, 1.82) is 0 Å². The number of aryl methyl sites for hydroxylation is 1. The van der Waals surface area contributed by atoms with E-state index in [1.165, 1.54) is 0 Å². The van der Waals surface area contributed by atoms with Gasteiger partial charge in [-0.05, 0) is 19.4 Å². The molecule has 0 saturated carbocycles. The summed E-state index contributed by atoms with van der Waals surface area (Å²) in [6, 6.07) is 7.31. The summed E-state index contributed by atoms with van der Waals surface area (Å²) in [7, 11) is 0. The molecule has 0 amide bonds. The third kappa shape index (κ3) is 2.28. The third-order valence-corrected chi connectivity index (χ3v) is 3.34. The molecule has 3 nitrogen and oxygen atoms in total. The van der Waals surface area contributed by atoms with Gasteiger partial charge in [0, 0.05) is 29.5 Å². The highest BCUT2D eigenvalue weighted by Gasteiger charge is 2.32. The molecule has 0 fully saturated rings. The van der Waals surface area contributed by atoms with E-state index in [1.807, 2.05) is 29.0 Å². The average Bonchev–Trinajstić information content (AvgIpc) is 2.79. The number of imidazole rings is 1. The Hall–Kier alpha value is -1.32. The molecular formula is C14H17ClN2O. The summed E-state index contributed by atoms with van der Waals surface area (Å²) < 4.78 is 1.96. The molecule has 96 valence electrons. The monoisotopic (exact) mass is 264 g/mol. The van der Waals surface area contributed by atoms with E-state index in [2.05, 4.69) is 11.9 Å². The van der Waals surface area contributed by atoms with Gasteiger partial charge >= 0.3 is 0 Å². The minimum absolute atomic E-state index is 0.550. The molecule has 4 heteroatoms. The summed E-state index contributed by atoms with van der Waals surface area (Å²) in [5.41, 5.74) is -0.507. The summed E-state index contributed by atoms with van der Waals surface area (Å²) in [5, 5.41) is 11.3. The predicted molar refractivity (Wildman–Crippen MR) is 72.6 cm³/mol. The van der Waals surface area contributed by atoms with Crippen LogP contribution in [0.15, 0.2) is 36.7 Å². The van der Waals surface area contributed by atoms with Crippen LogP contribution < -0.4 is 0 Å². The summed E-state index contributed by atoms with van der Waals surface area (Å²) >= 11 is 6.16. The van der Waals surface area contributed by atoms with Crippen LogP contribution in [0.4, 0.5) is 0 Å². The second-order valence-corrected chi connectivity index (χ2v) is 4.90. The number of nitrogens with zero attached hydrogens (tertiary/aromatic N) is 2. The Morgan fingerprint density at radius 1 is 1.39 bits per heavy atom. The molecular weight excluding hydrogens is 248 g/mol. The van der Waals surface area contributed by atoms with E-state index < -0.39 is 5.60 Å². The standard InChI is InChI=1S/C14H17ClN2O/c1-3-9-17-10-8-16-13(17)14(2,18)11-6-4-5-7-12(11)15/h4-8,10,18H,3,9H2,1-2H3. The van der Waals surface area contributed by atoms with Gasteiger partial charge in [0.05, 0.1) is 0 Å². The van der Waals surface area contributed by atoms with Crippen molar-refractivity contribution in [2.75, 3.05) is 0 Å². The molecule has 1 heterocycles. The lowest BCUT2D eigenvalue weighted by Crippen LogP contribution is -2.28. The summed E-state index contributed by atoms with van der Waals surface area (Å²) in [4.78, 5) is 4.28. The van der Waals surface area contributed by atoms with Gasteiger partial charge in [0.1, 0.15) is 11.4 Å². The molecule has 0 bridgehead atoms. The molecule has 1 N–H and O–H groups in total. The number of benzene rings is 1. The SMILES string of the molecule is CCCn1ccnc1C(C)(O)c1ccccc1Cl. The Morgan fingerprint density at radius 2 is 2.11 bits per heavy atom. The van der Waals surface area contributed by atoms with Gasteiger partial charge in [0.15, 0.2) is 0 Å². The zero-order chi connectivity index (χ0) is 13.2. The minimum atomic E-state index is -1.18. The van der Waals surface area contributed by atoms with Crippen LogP contribution in [0.1, 0.15) is 31.7 Å². The Morgan fingerprint density at radius 3 is 2.78 bits per heavy atom. The lowest BCUT2D eigenvalue weighted by atomic mass is 9.95. The van der Waals surface area contributed by atoms with E-state index in [9.17, 15) is 5.11 Å². The first-order valence-corrected chi connectivity index (χ1v) is 6.44. The summed E-state index contributed by atoms with van der Waals surface area (Å²) in [5.74, 6) is 0.623. The Bertz CT molecular complexity index is 534. The maximum atomic E-state index is 10.8. The van der Waals surface area contributed by atoms with Crippen LogP contribution in [0, 0.1) is 0 Å². The predicted octanol–water partition coefficient (Wildman–Crippen LogP) is 3.20. The first-order valence-electron chi connectivity index (χ1n) is 6.06. The van der Waals surface area contributed by atoms with E-state index in [0.29, 0.717) is 16.4 Å². The number of halogens is 1. The second kappa shape index (κ2) is 5.12. The van der Waals surface area contributed by atoms with Crippen molar-refractivity contribution < 1.29 is 5.11 Å². The Balaban J connectivity index is 2.47. The van der Waals surface area contributed by atoms with Gasteiger partial charge < -0.3 is 9.67 Å². The molecule has 0 saturated heterocycles. The van der Waals surface area contributed by atoms with Gasteiger partial charge in [0.2, 0.25) is 0 Å². The van der Waals surface area contributed by atoms with Gasteiger partial charge in [-0.15, -0.1) is 0 Å². The highest BCUT2D eigenvalue weighted by Crippen LogP contribution is 2.32. The van der Waals surface area contributed by atoms with Crippen molar-refractivity contribution in [3.05, 3.63) is 53.1 Å². The van der Waals surface area contributed by atoms with Gasteiger partial charge in [-0.3, -0.25) is 0 Å². The molecule has 1 aromatic carbocycles. The topological polar surface area (TPSA) is 38.0 Å². The minimum Gasteiger partial charge on any atom is -0.377 e. The Labute approximate surface area is 112 Å². The molecule has 1 aromatic heterocycles. The average molecular weight is 265 g/mol. The first-order chi connectivity index (χ1) is 8.57. The fraction of sp³-hybridized carbons (Fsp3) is 0.357. The smallest absolute Gasteiger partial charge is 0.146 e. The largest absolute Gasteiger partial charge is 0.377 e. The Kier molecular flexibility index (Phi) is 3.73. The van der Waals surface area contributed by atoms with E-state index in [0.717, 1.165) is 13.0 Å². The van der Waals surface area contributed by atoms with Crippen molar-refractivity contribution in [3.63, 3.8) is 0 Å². The fourth-order valence-electron chi connectivity index (χ4n) is 2.13. The van der Waals surface area contributed by atoms with Crippen LogP contribution in [0.3, 0.4) is 0 Å². The normalized spacial score (nSPS) is 14.4. The zero-order valence-electron chi connectivity index (χ0n) is 10.6. The van der Waals surface area contributed by atoms with E-state index in [-0.39, 0.29) is 0 Å². The molecule has 0 radical (unpaired) electrons. The van der Waals surface area contributed by atoms with Crippen molar-refractivity contribution in [1.82, 2.24) is 9.55 Å². The molecule has 0 aliphatic rings. The zero-order valence-corrected chi connectivity index (χ0v) is 11.4. The highest BCUT2D eigenvalue weighted by atomic mass is 35.5. The molecule has 0 spiro atoms. The van der Waals surface area contributed by atoms with Gasteiger partial charge in [-0.2, -0.15) is 0 Å². The van der Waals surface area contributed by atoms with Crippen LogP contribution in [-0.2, 0) is 12.1 Å². The summed E-state index contributed by atoms with van der Waals surface area (Å²) in [6.07, 6.45) is 4.57. The number of aliphatic hydroxyl groups is 1. The highest BCUT2D eigenvalue weighted by molar-refractivity contribution is 6.31. The van der Waals surface area contributed by atoms with Gasteiger partial charge in [-0.25, -0.2) is 4.98 Å². The lowest BCUT2D eigenvalue weighted by Gasteiger charge is -2.25. The van der Waals surface area contributed by atoms with Crippen LogP contribution in [0.5, 0.6) is 0 Å². The summed E-state index contributed by atoms with van der Waals surface area (Å²) in [6.45, 7) is 4.65. The molecule has 2 rings (SSSR count). The molecule has 0 aliphatic heterocycles. The van der Waals surface area contributed by atoms with Crippen LogP contribution in [-0.4, -0.2) is 14.7 Å². The van der Waals surface area contributed by atoms with Crippen molar-refractivity contribution in [2.45, 2.75) is 32.4 Å². The molecule has 1 unspecified atom stereocenters. The van der Waals surface area contributed by atoms with Gasteiger partial charge in [0.25, 0.3) is 0 Å². The van der Waals surface area contributed by atoms with E-state index >= 15 is 0 Å². The van der Waals surface area contributed by atoms with E-state index in [1.54, 1.807) is 19.2 Å². The molecule has 18 heavy (non-hydrogen) atoms. The number of hydrogen-bond donors (Lipinski definition) is 1. The molecule has 2 aromatic rings. The second-order valence-electron chi connectivity index (χ2n) is 4.50. The quantitative estimate of drug-likeness (QED) is 0.921. The first kappa shape index (κ1) is 13.1. The number of hydrogen-bond acceptors (Lipinski definition) is 2. The number of aromatic nitrogens is 2. The lowest BCUT2D eigenvalue weighted by molar-refractivity contribution is 0.0880. The maximum Gasteiger partial charge on any atom is 0.146 e.